The van der Waals surface area contributed by atoms with Crippen LogP contribution in [0.4, 0.5) is 10.1 Å². The summed E-state index contributed by atoms with van der Waals surface area (Å²) in [4.78, 5) is 1.76. The van der Waals surface area contributed by atoms with Crippen LogP contribution >= 0.6 is 0 Å². The monoisotopic (exact) mass is 282 g/mol. The molecule has 0 amide bonds. The van der Waals surface area contributed by atoms with Gasteiger partial charge in [0.1, 0.15) is 5.82 Å². The lowest BCUT2D eigenvalue weighted by molar-refractivity contribution is -0.0573. The molecule has 1 fully saturated rings. The summed E-state index contributed by atoms with van der Waals surface area (Å²) in [6, 6.07) is 4.82. The molecule has 1 heterocycles. The lowest BCUT2D eigenvalue weighted by atomic mass is 9.93. The van der Waals surface area contributed by atoms with Crippen molar-refractivity contribution in [3.8, 4) is 0 Å². The quantitative estimate of drug-likeness (QED) is 0.884. The van der Waals surface area contributed by atoms with Crippen molar-refractivity contribution in [2.75, 3.05) is 31.7 Å². The van der Waals surface area contributed by atoms with Crippen LogP contribution in [0.3, 0.4) is 0 Å². The number of hydrogen-bond donors (Lipinski definition) is 2. The van der Waals surface area contributed by atoms with Crippen molar-refractivity contribution in [2.24, 2.45) is 5.73 Å². The largest absolute Gasteiger partial charge is 0.388 e. The fraction of sp³-hybridized carbons (Fsp3) is 0.600. The van der Waals surface area contributed by atoms with E-state index in [1.165, 1.54) is 6.07 Å². The van der Waals surface area contributed by atoms with E-state index in [1.807, 2.05) is 13.0 Å². The highest BCUT2D eigenvalue weighted by Gasteiger charge is 2.31. The van der Waals surface area contributed by atoms with E-state index in [0.29, 0.717) is 38.3 Å². The molecule has 1 atom stereocenters. The molecule has 0 aromatic heterocycles. The van der Waals surface area contributed by atoms with Gasteiger partial charge in [-0.1, -0.05) is 6.07 Å². The molecule has 1 saturated heterocycles. The number of benzene rings is 1. The van der Waals surface area contributed by atoms with Gasteiger partial charge in [0.25, 0.3) is 0 Å². The molecule has 1 aromatic carbocycles. The molecule has 0 aliphatic carbocycles. The lowest BCUT2D eigenvalue weighted by Crippen LogP contribution is -2.46. The van der Waals surface area contributed by atoms with E-state index in [1.54, 1.807) is 18.0 Å². The van der Waals surface area contributed by atoms with Crippen LogP contribution < -0.4 is 10.6 Å². The van der Waals surface area contributed by atoms with Crippen LogP contribution in [0, 0.1) is 5.82 Å². The molecule has 112 valence electrons. The van der Waals surface area contributed by atoms with Gasteiger partial charge in [0.2, 0.25) is 0 Å². The average Bonchev–Trinajstić information content (AvgIpc) is 2.38. The Morgan fingerprint density at radius 2 is 2.10 bits per heavy atom. The molecule has 20 heavy (non-hydrogen) atoms. The third-order valence-electron chi connectivity index (χ3n) is 3.86. The van der Waals surface area contributed by atoms with Crippen molar-refractivity contribution in [2.45, 2.75) is 31.4 Å². The zero-order valence-corrected chi connectivity index (χ0v) is 12.1. The number of halogens is 1. The van der Waals surface area contributed by atoms with Gasteiger partial charge in [-0.3, -0.25) is 0 Å². The van der Waals surface area contributed by atoms with E-state index in [2.05, 4.69) is 0 Å². The highest BCUT2D eigenvalue weighted by atomic mass is 19.1. The smallest absolute Gasteiger partial charge is 0.146 e. The molecule has 4 nitrogen and oxygen atoms in total. The van der Waals surface area contributed by atoms with E-state index < -0.39 is 5.60 Å². The third-order valence-corrected chi connectivity index (χ3v) is 3.86. The number of ether oxygens (including phenoxy) is 1. The number of anilines is 1. The first-order valence-corrected chi connectivity index (χ1v) is 6.98. The molecule has 3 N–H and O–H groups in total. The van der Waals surface area contributed by atoms with E-state index in [4.69, 9.17) is 10.5 Å². The van der Waals surface area contributed by atoms with Gasteiger partial charge >= 0.3 is 0 Å². The second-order valence-corrected chi connectivity index (χ2v) is 5.69. The van der Waals surface area contributed by atoms with Crippen LogP contribution in [0.2, 0.25) is 0 Å². The van der Waals surface area contributed by atoms with Crippen molar-refractivity contribution in [1.82, 2.24) is 0 Å². The molecule has 0 unspecified atom stereocenters. The maximum absolute atomic E-state index is 14.1. The normalized spacial score (nSPS) is 19.6. The first-order valence-electron chi connectivity index (χ1n) is 6.98. The van der Waals surface area contributed by atoms with Gasteiger partial charge in [-0.15, -0.1) is 0 Å². The summed E-state index contributed by atoms with van der Waals surface area (Å²) in [5, 5.41) is 10.5. The van der Waals surface area contributed by atoms with Gasteiger partial charge in [0.05, 0.1) is 11.3 Å². The molecule has 0 radical (unpaired) electrons. The van der Waals surface area contributed by atoms with Gasteiger partial charge < -0.3 is 20.5 Å². The number of likely N-dealkylation sites (N-methyl/N-ethyl adjacent to an activating group) is 1. The van der Waals surface area contributed by atoms with E-state index in [0.717, 1.165) is 5.56 Å². The summed E-state index contributed by atoms with van der Waals surface area (Å²) in [6.45, 7) is 3.32. The molecule has 1 aliphatic rings. The predicted molar refractivity (Wildman–Crippen MR) is 77.3 cm³/mol. The molecule has 0 saturated carbocycles. The summed E-state index contributed by atoms with van der Waals surface area (Å²) < 4.78 is 19.4. The van der Waals surface area contributed by atoms with Gasteiger partial charge in [-0.2, -0.15) is 0 Å². The Bertz CT molecular complexity index is 459. The van der Waals surface area contributed by atoms with Gasteiger partial charge in [0.15, 0.2) is 0 Å². The van der Waals surface area contributed by atoms with Crippen LogP contribution in [0.25, 0.3) is 0 Å². The van der Waals surface area contributed by atoms with E-state index >= 15 is 0 Å². The maximum atomic E-state index is 14.1. The Balaban J connectivity index is 2.10. The fourth-order valence-corrected chi connectivity index (χ4v) is 2.55. The molecule has 0 bridgehead atoms. The fourth-order valence-electron chi connectivity index (χ4n) is 2.55. The molecule has 1 aromatic rings. The number of nitrogens with zero attached hydrogens (tertiary/aromatic N) is 1. The first kappa shape index (κ1) is 15.2. The lowest BCUT2D eigenvalue weighted by Gasteiger charge is -2.36. The Morgan fingerprint density at radius 3 is 2.65 bits per heavy atom. The highest BCUT2D eigenvalue weighted by Crippen LogP contribution is 2.26. The summed E-state index contributed by atoms with van der Waals surface area (Å²) in [5.74, 6) is -0.307. The van der Waals surface area contributed by atoms with E-state index in [-0.39, 0.29) is 11.9 Å². The Kier molecular flexibility index (Phi) is 4.62. The Morgan fingerprint density at radius 1 is 1.45 bits per heavy atom. The summed E-state index contributed by atoms with van der Waals surface area (Å²) in [5.41, 5.74) is 6.19. The first-order chi connectivity index (χ1) is 9.41. The standard InChI is InChI=1S/C15H23FN2O2/c1-11(17)12-3-4-14(13(16)9-12)18(2)10-15(19)5-7-20-8-6-15/h3-4,9,11,19H,5-8,10,17H2,1-2H3/t11-/m0/s1. The maximum Gasteiger partial charge on any atom is 0.146 e. The van der Waals surface area contributed by atoms with Crippen molar-refractivity contribution in [1.29, 1.82) is 0 Å². The minimum absolute atomic E-state index is 0.191. The summed E-state index contributed by atoms with van der Waals surface area (Å²) >= 11 is 0. The van der Waals surface area contributed by atoms with Crippen molar-refractivity contribution < 1.29 is 14.2 Å². The van der Waals surface area contributed by atoms with Crippen LogP contribution in [-0.4, -0.2) is 37.5 Å². The van der Waals surface area contributed by atoms with Crippen molar-refractivity contribution in [3.05, 3.63) is 29.6 Å². The predicted octanol–water partition coefficient (Wildman–Crippen LogP) is 1.82. The zero-order chi connectivity index (χ0) is 14.8. The topological polar surface area (TPSA) is 58.7 Å². The highest BCUT2D eigenvalue weighted by molar-refractivity contribution is 5.49. The Labute approximate surface area is 119 Å². The zero-order valence-electron chi connectivity index (χ0n) is 12.1. The minimum atomic E-state index is -0.806. The Hall–Kier alpha value is -1.17. The number of nitrogens with two attached hydrogens (primary N) is 1. The molecular weight excluding hydrogens is 259 g/mol. The van der Waals surface area contributed by atoms with Crippen LogP contribution in [-0.2, 0) is 4.74 Å². The van der Waals surface area contributed by atoms with Crippen LogP contribution in [0.15, 0.2) is 18.2 Å². The van der Waals surface area contributed by atoms with Gasteiger partial charge in [-0.05, 0) is 24.6 Å². The van der Waals surface area contributed by atoms with Gasteiger partial charge in [-0.25, -0.2) is 4.39 Å². The SMILES string of the molecule is C[C@H](N)c1ccc(N(C)CC2(O)CCOCC2)c(F)c1. The molecule has 5 heteroatoms. The number of aliphatic hydroxyl groups is 1. The number of rotatable bonds is 4. The summed E-state index contributed by atoms with van der Waals surface area (Å²) in [7, 11) is 1.79. The minimum Gasteiger partial charge on any atom is -0.388 e. The van der Waals surface area contributed by atoms with Crippen LogP contribution in [0.1, 0.15) is 31.4 Å². The second-order valence-electron chi connectivity index (χ2n) is 5.69. The second kappa shape index (κ2) is 6.08. The third kappa shape index (κ3) is 3.48. The summed E-state index contributed by atoms with van der Waals surface area (Å²) in [6.07, 6.45) is 1.16. The van der Waals surface area contributed by atoms with Crippen molar-refractivity contribution >= 4 is 5.69 Å². The molecule has 1 aliphatic heterocycles. The van der Waals surface area contributed by atoms with E-state index in [9.17, 15) is 9.50 Å². The molecular formula is C15H23FN2O2. The molecule has 0 spiro atoms. The molecule has 2 rings (SSSR count). The number of hydrogen-bond acceptors (Lipinski definition) is 4. The van der Waals surface area contributed by atoms with Gasteiger partial charge in [0, 0.05) is 45.7 Å². The average molecular weight is 282 g/mol. The van der Waals surface area contributed by atoms with Crippen molar-refractivity contribution in [3.63, 3.8) is 0 Å². The van der Waals surface area contributed by atoms with Crippen LogP contribution in [0.5, 0.6) is 0 Å².